The summed E-state index contributed by atoms with van der Waals surface area (Å²) in [5.74, 6) is 1.05. The molecule has 0 aliphatic heterocycles. The number of hydrogen-bond donors (Lipinski definition) is 1. The second kappa shape index (κ2) is 4.75. The van der Waals surface area contributed by atoms with Gasteiger partial charge < -0.3 is 9.84 Å². The predicted octanol–water partition coefficient (Wildman–Crippen LogP) is 2.74. The Labute approximate surface area is 79.2 Å². The Morgan fingerprint density at radius 3 is 2.77 bits per heavy atom. The molecule has 0 bridgehead atoms. The highest BCUT2D eigenvalue weighted by molar-refractivity contribution is 5.40. The van der Waals surface area contributed by atoms with Crippen molar-refractivity contribution in [2.45, 2.75) is 26.2 Å². The van der Waals surface area contributed by atoms with Gasteiger partial charge in [0, 0.05) is 6.07 Å². The van der Waals surface area contributed by atoms with Crippen molar-refractivity contribution in [3.63, 3.8) is 0 Å². The fourth-order valence-corrected chi connectivity index (χ4v) is 1.31. The fraction of sp³-hybridized carbons (Fsp3) is 0.455. The first kappa shape index (κ1) is 9.90. The summed E-state index contributed by atoms with van der Waals surface area (Å²) in [5.41, 5.74) is 1.17. The maximum Gasteiger partial charge on any atom is 0.125 e. The van der Waals surface area contributed by atoms with Crippen LogP contribution in [0.25, 0.3) is 0 Å². The molecule has 0 saturated heterocycles. The van der Waals surface area contributed by atoms with E-state index in [4.69, 9.17) is 4.74 Å². The summed E-state index contributed by atoms with van der Waals surface area (Å²) >= 11 is 0. The second-order valence-corrected chi connectivity index (χ2v) is 3.10. The summed E-state index contributed by atoms with van der Waals surface area (Å²) in [6.45, 7) is 2.16. The number of phenolic OH excluding ortho intramolecular Hbond substituents is 1. The highest BCUT2D eigenvalue weighted by atomic mass is 16.5. The van der Waals surface area contributed by atoms with Crippen LogP contribution in [0.4, 0.5) is 0 Å². The van der Waals surface area contributed by atoms with Crippen LogP contribution in [0.2, 0.25) is 0 Å². The smallest absolute Gasteiger partial charge is 0.125 e. The van der Waals surface area contributed by atoms with E-state index < -0.39 is 0 Å². The van der Waals surface area contributed by atoms with Gasteiger partial charge in [-0.25, -0.2) is 0 Å². The van der Waals surface area contributed by atoms with Gasteiger partial charge in [-0.05, 0) is 24.5 Å². The molecule has 13 heavy (non-hydrogen) atoms. The topological polar surface area (TPSA) is 29.5 Å². The van der Waals surface area contributed by atoms with E-state index in [0.29, 0.717) is 0 Å². The van der Waals surface area contributed by atoms with Gasteiger partial charge in [0.15, 0.2) is 0 Å². The molecule has 0 heterocycles. The summed E-state index contributed by atoms with van der Waals surface area (Å²) in [4.78, 5) is 0. The van der Waals surface area contributed by atoms with Crippen molar-refractivity contribution in [1.29, 1.82) is 0 Å². The summed E-state index contributed by atoms with van der Waals surface area (Å²) in [5, 5.41) is 9.21. The van der Waals surface area contributed by atoms with E-state index >= 15 is 0 Å². The molecule has 0 fully saturated rings. The molecule has 0 unspecified atom stereocenters. The first-order chi connectivity index (χ1) is 6.27. The lowest BCUT2D eigenvalue weighted by Crippen LogP contribution is -1.91. The van der Waals surface area contributed by atoms with Crippen LogP contribution in [0.5, 0.6) is 11.5 Å². The minimum absolute atomic E-state index is 0.261. The minimum atomic E-state index is 0.261. The van der Waals surface area contributed by atoms with Gasteiger partial charge in [0.2, 0.25) is 0 Å². The average molecular weight is 180 g/mol. The Bertz CT molecular complexity index is 269. The predicted molar refractivity (Wildman–Crippen MR) is 53.3 cm³/mol. The highest BCUT2D eigenvalue weighted by Gasteiger charge is 2.02. The van der Waals surface area contributed by atoms with Gasteiger partial charge in [0.25, 0.3) is 0 Å². The number of hydrogen-bond acceptors (Lipinski definition) is 2. The maximum atomic E-state index is 9.21. The van der Waals surface area contributed by atoms with Crippen LogP contribution in [0, 0.1) is 0 Å². The molecule has 0 spiro atoms. The molecule has 0 saturated carbocycles. The third-order valence-electron chi connectivity index (χ3n) is 2.07. The number of phenols is 1. The van der Waals surface area contributed by atoms with Crippen LogP contribution in [0.1, 0.15) is 25.3 Å². The maximum absolute atomic E-state index is 9.21. The van der Waals surface area contributed by atoms with Gasteiger partial charge in [0.1, 0.15) is 11.5 Å². The average Bonchev–Trinajstić information content (AvgIpc) is 2.16. The number of aromatic hydroxyl groups is 1. The Morgan fingerprint density at radius 2 is 2.15 bits per heavy atom. The van der Waals surface area contributed by atoms with Crippen molar-refractivity contribution < 1.29 is 9.84 Å². The molecule has 0 radical (unpaired) electrons. The minimum Gasteiger partial charge on any atom is -0.508 e. The first-order valence-corrected chi connectivity index (χ1v) is 4.63. The zero-order chi connectivity index (χ0) is 9.68. The molecule has 2 heteroatoms. The normalized spacial score (nSPS) is 10.0. The summed E-state index contributed by atoms with van der Waals surface area (Å²) in [6.07, 6.45) is 3.34. The number of ether oxygens (including phenoxy) is 1. The van der Waals surface area contributed by atoms with Crippen LogP contribution in [0.15, 0.2) is 18.2 Å². The number of benzene rings is 1. The SMILES string of the molecule is CCCCc1ccc(O)cc1OC. The summed E-state index contributed by atoms with van der Waals surface area (Å²) in [6, 6.07) is 5.28. The first-order valence-electron chi connectivity index (χ1n) is 4.63. The van der Waals surface area contributed by atoms with Crippen molar-refractivity contribution >= 4 is 0 Å². The molecule has 0 aromatic heterocycles. The third-order valence-corrected chi connectivity index (χ3v) is 2.07. The highest BCUT2D eigenvalue weighted by Crippen LogP contribution is 2.24. The standard InChI is InChI=1S/C11H16O2/c1-3-4-5-9-6-7-10(12)8-11(9)13-2/h6-8,12H,3-5H2,1-2H3. The lowest BCUT2D eigenvalue weighted by molar-refractivity contribution is 0.402. The van der Waals surface area contributed by atoms with Gasteiger partial charge >= 0.3 is 0 Å². The van der Waals surface area contributed by atoms with Crippen LogP contribution in [-0.4, -0.2) is 12.2 Å². The van der Waals surface area contributed by atoms with Crippen molar-refractivity contribution in [3.05, 3.63) is 23.8 Å². The quantitative estimate of drug-likeness (QED) is 0.772. The Hall–Kier alpha value is -1.18. The van der Waals surface area contributed by atoms with Crippen LogP contribution >= 0.6 is 0 Å². The van der Waals surface area contributed by atoms with Crippen molar-refractivity contribution in [3.8, 4) is 11.5 Å². The van der Waals surface area contributed by atoms with Gasteiger partial charge in [-0.3, -0.25) is 0 Å². The number of rotatable bonds is 4. The van der Waals surface area contributed by atoms with Crippen LogP contribution in [-0.2, 0) is 6.42 Å². The van der Waals surface area contributed by atoms with E-state index in [1.165, 1.54) is 12.0 Å². The monoisotopic (exact) mass is 180 g/mol. The van der Waals surface area contributed by atoms with E-state index in [1.807, 2.05) is 6.07 Å². The lowest BCUT2D eigenvalue weighted by Gasteiger charge is -2.07. The molecule has 1 N–H and O–H groups in total. The van der Waals surface area contributed by atoms with Crippen molar-refractivity contribution in [2.75, 3.05) is 7.11 Å². The molecular formula is C11H16O2. The molecule has 1 aromatic carbocycles. The van der Waals surface area contributed by atoms with E-state index in [1.54, 1.807) is 19.2 Å². The van der Waals surface area contributed by atoms with E-state index in [9.17, 15) is 5.11 Å². The Balaban J connectivity index is 2.79. The van der Waals surface area contributed by atoms with Crippen molar-refractivity contribution in [1.82, 2.24) is 0 Å². The van der Waals surface area contributed by atoms with Gasteiger partial charge in [-0.15, -0.1) is 0 Å². The zero-order valence-corrected chi connectivity index (χ0v) is 8.21. The van der Waals surface area contributed by atoms with Crippen molar-refractivity contribution in [2.24, 2.45) is 0 Å². The van der Waals surface area contributed by atoms with Crippen LogP contribution < -0.4 is 4.74 Å². The molecule has 0 atom stereocenters. The van der Waals surface area contributed by atoms with Gasteiger partial charge in [0.05, 0.1) is 7.11 Å². The fourth-order valence-electron chi connectivity index (χ4n) is 1.31. The molecule has 72 valence electrons. The zero-order valence-electron chi connectivity index (χ0n) is 8.21. The molecule has 0 aliphatic carbocycles. The molecule has 2 nitrogen and oxygen atoms in total. The number of unbranched alkanes of at least 4 members (excludes halogenated alkanes) is 1. The third kappa shape index (κ3) is 2.65. The summed E-state index contributed by atoms with van der Waals surface area (Å²) in [7, 11) is 1.63. The lowest BCUT2D eigenvalue weighted by atomic mass is 10.1. The number of aryl methyl sites for hydroxylation is 1. The molecule has 1 aromatic rings. The Morgan fingerprint density at radius 1 is 1.38 bits per heavy atom. The van der Waals surface area contributed by atoms with E-state index in [2.05, 4.69) is 6.92 Å². The molecular weight excluding hydrogens is 164 g/mol. The van der Waals surface area contributed by atoms with E-state index in [0.717, 1.165) is 18.6 Å². The molecule has 0 amide bonds. The van der Waals surface area contributed by atoms with E-state index in [-0.39, 0.29) is 5.75 Å². The molecule has 0 aliphatic rings. The summed E-state index contributed by atoms with van der Waals surface area (Å²) < 4.78 is 5.16. The van der Waals surface area contributed by atoms with Gasteiger partial charge in [-0.1, -0.05) is 19.4 Å². The second-order valence-electron chi connectivity index (χ2n) is 3.10. The molecule has 1 rings (SSSR count). The van der Waals surface area contributed by atoms with Crippen LogP contribution in [0.3, 0.4) is 0 Å². The van der Waals surface area contributed by atoms with Gasteiger partial charge in [-0.2, -0.15) is 0 Å². The largest absolute Gasteiger partial charge is 0.508 e. The number of methoxy groups -OCH3 is 1. The Kier molecular flexibility index (Phi) is 3.62.